The number of carbonyl (C=O) groups is 2. The fourth-order valence-corrected chi connectivity index (χ4v) is 3.62. The van der Waals surface area contributed by atoms with Crippen LogP contribution in [0, 0.1) is 0 Å². The van der Waals surface area contributed by atoms with Gasteiger partial charge in [0, 0.05) is 33.7 Å². The third-order valence-electron chi connectivity index (χ3n) is 3.57. The van der Waals surface area contributed by atoms with Gasteiger partial charge in [0.25, 0.3) is 0 Å². The molecule has 136 valence electrons. The summed E-state index contributed by atoms with van der Waals surface area (Å²) in [5.41, 5.74) is 0. The average Bonchev–Trinajstić information content (AvgIpc) is 2.65. The minimum atomic E-state index is -0.582. The van der Waals surface area contributed by atoms with Crippen LogP contribution in [0.15, 0.2) is 77.0 Å². The number of ether oxygens (including phenoxy) is 2. The standard InChI is InChI=1S/C21H15ClO4S/c1-3-20(24)26-21-16-10-9-14(22)11-17(16)18(25-13(2)23)12-19(21)27-15-7-5-4-6-8-15/h3-12H,1H2,2H3. The molecule has 0 fully saturated rings. The monoisotopic (exact) mass is 398 g/mol. The van der Waals surface area contributed by atoms with Gasteiger partial charge in [-0.1, -0.05) is 48.1 Å². The van der Waals surface area contributed by atoms with Gasteiger partial charge in [0.2, 0.25) is 0 Å². The number of hydrogen-bond donors (Lipinski definition) is 0. The summed E-state index contributed by atoms with van der Waals surface area (Å²) in [6.07, 6.45) is 1.10. The van der Waals surface area contributed by atoms with Gasteiger partial charge < -0.3 is 9.47 Å². The Kier molecular flexibility index (Phi) is 5.84. The molecule has 0 spiro atoms. The molecule has 0 N–H and O–H groups in total. The summed E-state index contributed by atoms with van der Waals surface area (Å²) >= 11 is 7.50. The van der Waals surface area contributed by atoms with Crippen LogP contribution in [-0.2, 0) is 9.59 Å². The van der Waals surface area contributed by atoms with Gasteiger partial charge in [0.15, 0.2) is 5.75 Å². The fraction of sp³-hybridized carbons (Fsp3) is 0.0476. The summed E-state index contributed by atoms with van der Waals surface area (Å²) in [4.78, 5) is 25.0. The lowest BCUT2D eigenvalue weighted by Crippen LogP contribution is -2.06. The van der Waals surface area contributed by atoms with E-state index in [1.165, 1.54) is 18.7 Å². The Hall–Kier alpha value is -2.76. The molecule has 0 bridgehead atoms. The van der Waals surface area contributed by atoms with Crippen LogP contribution in [-0.4, -0.2) is 11.9 Å². The van der Waals surface area contributed by atoms with Crippen LogP contribution in [0.25, 0.3) is 10.8 Å². The summed E-state index contributed by atoms with van der Waals surface area (Å²) in [5.74, 6) is -0.336. The molecule has 0 atom stereocenters. The van der Waals surface area contributed by atoms with Crippen LogP contribution in [0.4, 0.5) is 0 Å². The first kappa shape index (κ1) is 19.0. The largest absolute Gasteiger partial charge is 0.426 e. The normalized spacial score (nSPS) is 10.4. The van der Waals surface area contributed by atoms with E-state index in [9.17, 15) is 9.59 Å². The molecule has 0 aromatic heterocycles. The van der Waals surface area contributed by atoms with Gasteiger partial charge in [-0.05, 0) is 36.4 Å². The summed E-state index contributed by atoms with van der Waals surface area (Å²) in [5, 5.41) is 1.65. The van der Waals surface area contributed by atoms with Crippen molar-refractivity contribution in [1.82, 2.24) is 0 Å². The Labute approximate surface area is 165 Å². The third kappa shape index (κ3) is 4.51. The molecule has 0 heterocycles. The number of halogens is 1. The average molecular weight is 399 g/mol. The van der Waals surface area contributed by atoms with Crippen LogP contribution in [0.3, 0.4) is 0 Å². The maximum absolute atomic E-state index is 11.9. The second-order valence-corrected chi connectivity index (χ2v) is 7.08. The van der Waals surface area contributed by atoms with E-state index in [1.807, 2.05) is 30.3 Å². The van der Waals surface area contributed by atoms with Crippen molar-refractivity contribution in [2.45, 2.75) is 16.7 Å². The highest BCUT2D eigenvalue weighted by Crippen LogP contribution is 2.45. The smallest absolute Gasteiger partial charge is 0.335 e. The zero-order valence-electron chi connectivity index (χ0n) is 14.4. The van der Waals surface area contributed by atoms with E-state index < -0.39 is 11.9 Å². The van der Waals surface area contributed by atoms with Gasteiger partial charge in [-0.15, -0.1) is 0 Å². The number of esters is 2. The van der Waals surface area contributed by atoms with Crippen LogP contribution in [0.1, 0.15) is 6.92 Å². The van der Waals surface area contributed by atoms with E-state index in [-0.39, 0.29) is 0 Å². The Morgan fingerprint density at radius 1 is 1.04 bits per heavy atom. The van der Waals surface area contributed by atoms with E-state index in [1.54, 1.807) is 24.3 Å². The Balaban J connectivity index is 2.24. The van der Waals surface area contributed by atoms with E-state index in [0.717, 1.165) is 11.0 Å². The fourth-order valence-electron chi connectivity index (χ4n) is 2.49. The van der Waals surface area contributed by atoms with Crippen molar-refractivity contribution < 1.29 is 19.1 Å². The van der Waals surface area contributed by atoms with Crippen molar-refractivity contribution in [1.29, 1.82) is 0 Å². The molecule has 3 aromatic rings. The van der Waals surface area contributed by atoms with E-state index in [0.29, 0.717) is 32.2 Å². The second kappa shape index (κ2) is 8.29. The van der Waals surface area contributed by atoms with Crippen LogP contribution in [0.5, 0.6) is 11.5 Å². The molecule has 0 aliphatic rings. The highest BCUT2D eigenvalue weighted by molar-refractivity contribution is 7.99. The van der Waals surface area contributed by atoms with Gasteiger partial charge >= 0.3 is 11.9 Å². The number of carbonyl (C=O) groups excluding carboxylic acids is 2. The Bertz CT molecular complexity index is 1030. The number of rotatable bonds is 5. The predicted molar refractivity (Wildman–Crippen MR) is 107 cm³/mol. The summed E-state index contributed by atoms with van der Waals surface area (Å²) < 4.78 is 10.9. The summed E-state index contributed by atoms with van der Waals surface area (Å²) in [7, 11) is 0. The van der Waals surface area contributed by atoms with Crippen molar-refractivity contribution in [3.05, 3.63) is 72.3 Å². The first-order chi connectivity index (χ1) is 13.0. The van der Waals surface area contributed by atoms with Crippen molar-refractivity contribution >= 4 is 46.1 Å². The molecular weight excluding hydrogens is 384 g/mol. The van der Waals surface area contributed by atoms with Gasteiger partial charge in [0.05, 0.1) is 4.90 Å². The molecule has 0 saturated carbocycles. The van der Waals surface area contributed by atoms with Gasteiger partial charge in [-0.3, -0.25) is 4.79 Å². The molecule has 3 rings (SSSR count). The zero-order valence-corrected chi connectivity index (χ0v) is 16.0. The lowest BCUT2D eigenvalue weighted by molar-refractivity contribution is -0.132. The SMILES string of the molecule is C=CC(=O)Oc1c(Sc2ccccc2)cc(OC(C)=O)c2cc(Cl)ccc12. The minimum Gasteiger partial charge on any atom is -0.426 e. The second-order valence-electron chi connectivity index (χ2n) is 5.53. The first-order valence-electron chi connectivity index (χ1n) is 7.99. The van der Waals surface area contributed by atoms with Crippen molar-refractivity contribution in [2.75, 3.05) is 0 Å². The maximum Gasteiger partial charge on any atom is 0.335 e. The Morgan fingerprint density at radius 2 is 1.78 bits per heavy atom. The third-order valence-corrected chi connectivity index (χ3v) is 4.84. The predicted octanol–water partition coefficient (Wildman–Crippen LogP) is 5.66. The van der Waals surface area contributed by atoms with Crippen molar-refractivity contribution in [3.63, 3.8) is 0 Å². The number of benzene rings is 3. The molecular formula is C21H15ClO4S. The quantitative estimate of drug-likeness (QED) is 0.315. The summed E-state index contributed by atoms with van der Waals surface area (Å²) in [6.45, 7) is 4.78. The van der Waals surface area contributed by atoms with Gasteiger partial charge in [-0.25, -0.2) is 4.79 Å². The minimum absolute atomic E-state index is 0.344. The molecule has 27 heavy (non-hydrogen) atoms. The lowest BCUT2D eigenvalue weighted by atomic mass is 10.1. The van der Waals surface area contributed by atoms with Crippen LogP contribution >= 0.6 is 23.4 Å². The van der Waals surface area contributed by atoms with Crippen molar-refractivity contribution in [3.8, 4) is 11.5 Å². The first-order valence-corrected chi connectivity index (χ1v) is 9.19. The number of fused-ring (bicyclic) bond motifs is 1. The molecule has 0 aliphatic heterocycles. The molecule has 0 aliphatic carbocycles. The van der Waals surface area contributed by atoms with Crippen LogP contribution in [0.2, 0.25) is 5.02 Å². The van der Waals surface area contributed by atoms with Gasteiger partial charge in [0.1, 0.15) is 5.75 Å². The number of hydrogen-bond acceptors (Lipinski definition) is 5. The molecule has 0 radical (unpaired) electrons. The zero-order chi connectivity index (χ0) is 19.4. The highest BCUT2D eigenvalue weighted by atomic mass is 35.5. The van der Waals surface area contributed by atoms with Crippen molar-refractivity contribution in [2.24, 2.45) is 0 Å². The summed E-state index contributed by atoms with van der Waals surface area (Å²) in [6, 6.07) is 16.3. The Morgan fingerprint density at radius 3 is 2.44 bits per heavy atom. The highest BCUT2D eigenvalue weighted by Gasteiger charge is 2.19. The topological polar surface area (TPSA) is 52.6 Å². The van der Waals surface area contributed by atoms with E-state index in [4.69, 9.17) is 21.1 Å². The molecule has 0 unspecified atom stereocenters. The van der Waals surface area contributed by atoms with E-state index >= 15 is 0 Å². The molecule has 0 amide bonds. The maximum atomic E-state index is 11.9. The lowest BCUT2D eigenvalue weighted by Gasteiger charge is -2.15. The van der Waals surface area contributed by atoms with Crippen LogP contribution < -0.4 is 9.47 Å². The molecule has 4 nitrogen and oxygen atoms in total. The molecule has 6 heteroatoms. The molecule has 3 aromatic carbocycles. The van der Waals surface area contributed by atoms with E-state index in [2.05, 4.69) is 6.58 Å². The van der Waals surface area contributed by atoms with Gasteiger partial charge in [-0.2, -0.15) is 0 Å². The molecule has 0 saturated heterocycles.